The molecule has 1 fully saturated rings. The summed E-state index contributed by atoms with van der Waals surface area (Å²) >= 11 is 0. The lowest BCUT2D eigenvalue weighted by Gasteiger charge is -2.39. The van der Waals surface area contributed by atoms with Gasteiger partial charge in [0.05, 0.1) is 0 Å². The molecule has 0 saturated carbocycles. The third-order valence-electron chi connectivity index (χ3n) is 4.15. The molecular formula is C20H20O10. The maximum Gasteiger partial charge on any atom is 0.514 e. The van der Waals surface area contributed by atoms with Gasteiger partial charge in [-0.1, -0.05) is 36.4 Å². The first-order valence-electron chi connectivity index (χ1n) is 8.97. The number of ether oxygens (including phenoxy) is 5. The molecule has 0 aliphatic carbocycles. The van der Waals surface area contributed by atoms with E-state index in [1.165, 1.54) is 24.3 Å². The second-order valence-electron chi connectivity index (χ2n) is 6.27. The fraction of sp³-hybridized carbons (Fsp3) is 0.300. The van der Waals surface area contributed by atoms with Crippen molar-refractivity contribution in [2.75, 3.05) is 6.61 Å². The molecule has 1 heterocycles. The summed E-state index contributed by atoms with van der Waals surface area (Å²) in [6.07, 6.45) is -10.3. The third-order valence-corrected chi connectivity index (χ3v) is 4.15. The molecule has 2 aromatic rings. The van der Waals surface area contributed by atoms with E-state index < -0.39 is 49.6 Å². The van der Waals surface area contributed by atoms with Gasteiger partial charge in [0.15, 0.2) is 12.4 Å². The highest BCUT2D eigenvalue weighted by Crippen LogP contribution is 2.24. The van der Waals surface area contributed by atoms with Gasteiger partial charge in [0, 0.05) is 0 Å². The van der Waals surface area contributed by atoms with Crippen molar-refractivity contribution in [1.82, 2.24) is 0 Å². The second kappa shape index (κ2) is 10.0. The molecule has 30 heavy (non-hydrogen) atoms. The summed E-state index contributed by atoms with van der Waals surface area (Å²) in [4.78, 5) is 23.6. The molecule has 1 saturated heterocycles. The quantitative estimate of drug-likeness (QED) is 0.478. The number of benzene rings is 2. The monoisotopic (exact) mass is 420 g/mol. The molecule has 0 radical (unpaired) electrons. The van der Waals surface area contributed by atoms with Gasteiger partial charge < -0.3 is 39.0 Å². The zero-order valence-corrected chi connectivity index (χ0v) is 15.6. The van der Waals surface area contributed by atoms with Crippen LogP contribution >= 0.6 is 0 Å². The Morgan fingerprint density at radius 1 is 0.800 bits per heavy atom. The number of hydrogen-bond acceptors (Lipinski definition) is 10. The highest BCUT2D eigenvalue weighted by atomic mass is 16.8. The van der Waals surface area contributed by atoms with E-state index in [-0.39, 0.29) is 11.5 Å². The van der Waals surface area contributed by atoms with Crippen LogP contribution in [0.3, 0.4) is 0 Å². The van der Waals surface area contributed by atoms with Crippen molar-refractivity contribution in [3.05, 3.63) is 60.7 Å². The van der Waals surface area contributed by atoms with Crippen molar-refractivity contribution in [1.29, 1.82) is 0 Å². The van der Waals surface area contributed by atoms with Gasteiger partial charge in [-0.2, -0.15) is 0 Å². The van der Waals surface area contributed by atoms with Crippen molar-refractivity contribution >= 4 is 12.3 Å². The van der Waals surface area contributed by atoms with Crippen LogP contribution < -0.4 is 9.47 Å². The Hall–Kier alpha value is -3.18. The van der Waals surface area contributed by atoms with E-state index >= 15 is 0 Å². The predicted octanol–water partition coefficient (Wildman–Crippen LogP) is 1.23. The number of hydrogen-bond donors (Lipinski definition) is 3. The summed E-state index contributed by atoms with van der Waals surface area (Å²) < 4.78 is 24.6. The molecule has 5 atom stereocenters. The number of carbonyl (C=O) groups excluding carboxylic acids is 2. The van der Waals surface area contributed by atoms with Crippen LogP contribution in [0.4, 0.5) is 9.59 Å². The van der Waals surface area contributed by atoms with Gasteiger partial charge in [0.1, 0.15) is 36.4 Å². The predicted molar refractivity (Wildman–Crippen MR) is 98.7 cm³/mol. The molecule has 160 valence electrons. The standard InChI is InChI=1S/C20H20O10/c21-15-14(11-26-19(24)27-12-7-3-1-4-8-12)29-18(23)17(16(15)22)30-20(25)28-13-9-5-2-6-10-13/h1-10,14-18,21-23H,11H2/t14-,15-,16+,17-,18-/m1/s1. The Morgan fingerprint density at radius 2 is 1.33 bits per heavy atom. The summed E-state index contributed by atoms with van der Waals surface area (Å²) in [7, 11) is 0. The molecular weight excluding hydrogens is 400 g/mol. The largest absolute Gasteiger partial charge is 0.514 e. The van der Waals surface area contributed by atoms with E-state index in [2.05, 4.69) is 0 Å². The van der Waals surface area contributed by atoms with Crippen LogP contribution in [0.1, 0.15) is 0 Å². The van der Waals surface area contributed by atoms with E-state index in [0.29, 0.717) is 0 Å². The van der Waals surface area contributed by atoms with Crippen molar-refractivity contribution in [2.45, 2.75) is 30.7 Å². The van der Waals surface area contributed by atoms with Crippen LogP contribution in [-0.4, -0.2) is 64.9 Å². The minimum absolute atomic E-state index is 0.187. The smallest absolute Gasteiger partial charge is 0.431 e. The summed E-state index contributed by atoms with van der Waals surface area (Å²) in [6, 6.07) is 16.1. The number of aliphatic hydroxyl groups excluding tert-OH is 3. The molecule has 10 nitrogen and oxygen atoms in total. The molecule has 0 amide bonds. The fourth-order valence-corrected chi connectivity index (χ4v) is 2.67. The zero-order valence-electron chi connectivity index (χ0n) is 15.6. The molecule has 3 N–H and O–H groups in total. The molecule has 3 rings (SSSR count). The molecule has 0 bridgehead atoms. The lowest BCUT2D eigenvalue weighted by atomic mass is 9.99. The van der Waals surface area contributed by atoms with Crippen LogP contribution in [0.25, 0.3) is 0 Å². The van der Waals surface area contributed by atoms with Gasteiger partial charge in [-0.25, -0.2) is 9.59 Å². The molecule has 10 heteroatoms. The average Bonchev–Trinajstić information content (AvgIpc) is 2.74. The van der Waals surface area contributed by atoms with E-state index in [4.69, 9.17) is 23.7 Å². The summed E-state index contributed by atoms with van der Waals surface area (Å²) in [5.74, 6) is 0.435. The minimum atomic E-state index is -1.80. The summed E-state index contributed by atoms with van der Waals surface area (Å²) in [5.41, 5.74) is 0. The first kappa shape index (κ1) is 21.5. The molecule has 0 aromatic heterocycles. The molecule has 1 aliphatic rings. The molecule has 1 aliphatic heterocycles. The first-order valence-corrected chi connectivity index (χ1v) is 8.97. The average molecular weight is 420 g/mol. The Kier molecular flexibility index (Phi) is 7.20. The first-order chi connectivity index (χ1) is 14.4. The molecule has 0 unspecified atom stereocenters. The zero-order chi connectivity index (χ0) is 21.5. The highest BCUT2D eigenvalue weighted by molar-refractivity contribution is 5.64. The van der Waals surface area contributed by atoms with Gasteiger partial charge in [-0.15, -0.1) is 0 Å². The van der Waals surface area contributed by atoms with Gasteiger partial charge in [-0.3, -0.25) is 0 Å². The van der Waals surface area contributed by atoms with Crippen LogP contribution in [0.5, 0.6) is 11.5 Å². The van der Waals surface area contributed by atoms with Crippen molar-refractivity contribution in [3.8, 4) is 11.5 Å². The highest BCUT2D eigenvalue weighted by Gasteiger charge is 2.47. The van der Waals surface area contributed by atoms with Gasteiger partial charge in [-0.05, 0) is 24.3 Å². The number of aliphatic hydroxyl groups is 3. The normalized spacial score (nSPS) is 25.8. The van der Waals surface area contributed by atoms with Gasteiger partial charge >= 0.3 is 12.3 Å². The minimum Gasteiger partial charge on any atom is -0.431 e. The van der Waals surface area contributed by atoms with E-state index in [1.54, 1.807) is 36.4 Å². The lowest BCUT2D eigenvalue weighted by molar-refractivity contribution is -0.287. The second-order valence-corrected chi connectivity index (χ2v) is 6.27. The Morgan fingerprint density at radius 3 is 1.90 bits per heavy atom. The van der Waals surface area contributed by atoms with Gasteiger partial charge in [0.25, 0.3) is 0 Å². The number of carbonyl (C=O) groups is 2. The fourth-order valence-electron chi connectivity index (χ4n) is 2.67. The van der Waals surface area contributed by atoms with E-state index in [9.17, 15) is 24.9 Å². The molecule has 0 spiro atoms. The maximum atomic E-state index is 11.9. The van der Waals surface area contributed by atoms with Crippen molar-refractivity contribution in [3.63, 3.8) is 0 Å². The van der Waals surface area contributed by atoms with E-state index in [0.717, 1.165) is 0 Å². The van der Waals surface area contributed by atoms with Crippen LogP contribution in [0, 0.1) is 0 Å². The Balaban J connectivity index is 1.50. The van der Waals surface area contributed by atoms with Crippen LogP contribution in [-0.2, 0) is 14.2 Å². The summed E-state index contributed by atoms with van der Waals surface area (Å²) in [5, 5.41) is 30.4. The summed E-state index contributed by atoms with van der Waals surface area (Å²) in [6.45, 7) is -0.526. The van der Waals surface area contributed by atoms with Crippen LogP contribution in [0.15, 0.2) is 60.7 Å². The number of para-hydroxylation sites is 2. The molecule has 2 aromatic carbocycles. The van der Waals surface area contributed by atoms with Crippen molar-refractivity contribution in [2.24, 2.45) is 0 Å². The van der Waals surface area contributed by atoms with E-state index in [1.807, 2.05) is 0 Å². The third kappa shape index (κ3) is 5.67. The SMILES string of the molecule is O=C(OC[C@H]1O[C@@H](O)[C@H](OC(=O)Oc2ccccc2)[C@@H](O)[C@@H]1O)Oc1ccccc1. The maximum absolute atomic E-state index is 11.9. The Bertz CT molecular complexity index is 826. The number of rotatable bonds is 5. The topological polar surface area (TPSA) is 141 Å². The van der Waals surface area contributed by atoms with Crippen molar-refractivity contribution < 1.29 is 48.6 Å². The van der Waals surface area contributed by atoms with Crippen LogP contribution in [0.2, 0.25) is 0 Å². The Labute approximate surface area is 171 Å². The lowest BCUT2D eigenvalue weighted by Crippen LogP contribution is -2.60. The van der Waals surface area contributed by atoms with Gasteiger partial charge in [0.2, 0.25) is 0 Å².